The minimum Gasteiger partial charge on any atom is -0.497 e. The van der Waals surface area contributed by atoms with E-state index in [1.54, 1.807) is 62.8 Å². The average Bonchev–Trinajstić information content (AvgIpc) is 2.62. The molecule has 124 valence electrons. The molecule has 0 atom stereocenters. The van der Waals surface area contributed by atoms with Crippen molar-refractivity contribution in [2.45, 2.75) is 0 Å². The maximum absolute atomic E-state index is 11.7. The van der Waals surface area contributed by atoms with E-state index in [4.69, 9.17) is 9.47 Å². The van der Waals surface area contributed by atoms with Gasteiger partial charge >= 0.3 is 11.8 Å². The molecule has 7 heteroatoms. The maximum atomic E-state index is 11.7. The lowest BCUT2D eigenvalue weighted by Gasteiger charge is -2.05. The molecule has 0 spiro atoms. The summed E-state index contributed by atoms with van der Waals surface area (Å²) in [5.74, 6) is -0.306. The van der Waals surface area contributed by atoms with Crippen LogP contribution in [0.2, 0.25) is 0 Å². The number of anilines is 1. The first-order chi connectivity index (χ1) is 11.6. The standard InChI is InChI=1S/C17H17N3O4/c1-23-14-7-3-12(4-8-14)11-18-20-17(22)16(21)19-13-5-9-15(24-2)10-6-13/h3-11H,1-2H3,(H,19,21)(H,20,22). The number of carbonyl (C=O) groups excluding carboxylic acids is 2. The number of hydrogen-bond acceptors (Lipinski definition) is 5. The van der Waals surface area contributed by atoms with Crippen molar-refractivity contribution in [2.75, 3.05) is 19.5 Å². The SMILES string of the molecule is COc1ccc(C=NNC(=O)C(=O)Nc2ccc(OC)cc2)cc1. The smallest absolute Gasteiger partial charge is 0.329 e. The van der Waals surface area contributed by atoms with Gasteiger partial charge in [-0.05, 0) is 54.1 Å². The zero-order valence-electron chi connectivity index (χ0n) is 13.3. The van der Waals surface area contributed by atoms with Gasteiger partial charge in [0.25, 0.3) is 0 Å². The fourth-order valence-electron chi connectivity index (χ4n) is 1.77. The number of nitrogens with one attached hydrogen (secondary N) is 2. The lowest BCUT2D eigenvalue weighted by molar-refractivity contribution is -0.136. The van der Waals surface area contributed by atoms with Crippen LogP contribution in [0.3, 0.4) is 0 Å². The molecule has 0 heterocycles. The number of hydrazone groups is 1. The maximum Gasteiger partial charge on any atom is 0.329 e. The van der Waals surface area contributed by atoms with Crippen LogP contribution in [0.15, 0.2) is 53.6 Å². The summed E-state index contributed by atoms with van der Waals surface area (Å²) in [6.45, 7) is 0. The lowest BCUT2D eigenvalue weighted by atomic mass is 10.2. The highest BCUT2D eigenvalue weighted by Crippen LogP contribution is 2.14. The third kappa shape index (κ3) is 4.84. The predicted molar refractivity (Wildman–Crippen MR) is 90.4 cm³/mol. The molecular weight excluding hydrogens is 310 g/mol. The van der Waals surface area contributed by atoms with E-state index in [9.17, 15) is 9.59 Å². The van der Waals surface area contributed by atoms with Crippen LogP contribution < -0.4 is 20.2 Å². The van der Waals surface area contributed by atoms with Crippen molar-refractivity contribution >= 4 is 23.7 Å². The van der Waals surface area contributed by atoms with Gasteiger partial charge in [-0.25, -0.2) is 5.43 Å². The Bertz CT molecular complexity index is 725. The highest BCUT2D eigenvalue weighted by molar-refractivity contribution is 6.39. The molecule has 0 saturated heterocycles. The molecule has 2 amide bonds. The van der Waals surface area contributed by atoms with Crippen molar-refractivity contribution < 1.29 is 19.1 Å². The van der Waals surface area contributed by atoms with Crippen LogP contribution in [0.5, 0.6) is 11.5 Å². The first-order valence-electron chi connectivity index (χ1n) is 7.05. The predicted octanol–water partition coefficient (Wildman–Crippen LogP) is 1.79. The summed E-state index contributed by atoms with van der Waals surface area (Å²) >= 11 is 0. The fraction of sp³-hybridized carbons (Fsp3) is 0.118. The Balaban J connectivity index is 1.86. The molecule has 7 nitrogen and oxygen atoms in total. The van der Waals surface area contributed by atoms with Crippen molar-refractivity contribution in [1.29, 1.82) is 0 Å². The summed E-state index contributed by atoms with van der Waals surface area (Å²) in [6.07, 6.45) is 1.43. The van der Waals surface area contributed by atoms with Crippen LogP contribution in [-0.4, -0.2) is 32.2 Å². The summed E-state index contributed by atoms with van der Waals surface area (Å²) in [6, 6.07) is 13.7. The molecule has 0 radical (unpaired) electrons. The Morgan fingerprint density at radius 1 is 0.875 bits per heavy atom. The van der Waals surface area contributed by atoms with E-state index in [0.717, 1.165) is 11.3 Å². The number of amides is 2. The van der Waals surface area contributed by atoms with E-state index in [1.165, 1.54) is 6.21 Å². The number of methoxy groups -OCH3 is 2. The topological polar surface area (TPSA) is 89.0 Å². The normalized spacial score (nSPS) is 10.2. The van der Waals surface area contributed by atoms with Crippen LogP contribution in [0.4, 0.5) is 5.69 Å². The number of ether oxygens (including phenoxy) is 2. The monoisotopic (exact) mass is 327 g/mol. The van der Waals surface area contributed by atoms with Crippen LogP contribution in [0.25, 0.3) is 0 Å². The zero-order valence-corrected chi connectivity index (χ0v) is 13.3. The summed E-state index contributed by atoms with van der Waals surface area (Å²) in [5.41, 5.74) is 3.40. The van der Waals surface area contributed by atoms with Gasteiger partial charge in [0.15, 0.2) is 0 Å². The average molecular weight is 327 g/mol. The lowest BCUT2D eigenvalue weighted by Crippen LogP contribution is -2.32. The molecule has 0 aliphatic heterocycles. The number of nitrogens with zero attached hydrogens (tertiary/aromatic N) is 1. The second-order valence-corrected chi connectivity index (χ2v) is 4.65. The van der Waals surface area contributed by atoms with Gasteiger partial charge in [0.05, 0.1) is 20.4 Å². The van der Waals surface area contributed by atoms with Crippen LogP contribution in [0, 0.1) is 0 Å². The number of hydrogen-bond donors (Lipinski definition) is 2. The van der Waals surface area contributed by atoms with Crippen LogP contribution in [0.1, 0.15) is 5.56 Å². The molecule has 0 saturated carbocycles. The van der Waals surface area contributed by atoms with E-state index in [0.29, 0.717) is 11.4 Å². The molecule has 0 aromatic heterocycles. The highest BCUT2D eigenvalue weighted by Gasteiger charge is 2.12. The molecule has 24 heavy (non-hydrogen) atoms. The second kappa shape index (κ2) is 8.33. The van der Waals surface area contributed by atoms with Gasteiger partial charge in [-0.1, -0.05) is 0 Å². The Labute approximate surface area is 139 Å². The van der Waals surface area contributed by atoms with Crippen molar-refractivity contribution in [3.05, 3.63) is 54.1 Å². The molecule has 0 fully saturated rings. The number of benzene rings is 2. The van der Waals surface area contributed by atoms with Gasteiger partial charge < -0.3 is 14.8 Å². The van der Waals surface area contributed by atoms with Gasteiger partial charge in [0.2, 0.25) is 0 Å². The number of rotatable bonds is 5. The third-order valence-electron chi connectivity index (χ3n) is 3.05. The van der Waals surface area contributed by atoms with Crippen molar-refractivity contribution in [3.8, 4) is 11.5 Å². The van der Waals surface area contributed by atoms with Crippen LogP contribution in [-0.2, 0) is 9.59 Å². The quantitative estimate of drug-likeness (QED) is 0.498. The fourth-order valence-corrected chi connectivity index (χ4v) is 1.77. The van der Waals surface area contributed by atoms with Crippen molar-refractivity contribution in [1.82, 2.24) is 5.43 Å². The minimum atomic E-state index is -0.865. The Morgan fingerprint density at radius 3 is 1.96 bits per heavy atom. The van der Waals surface area contributed by atoms with Gasteiger partial charge in [-0.15, -0.1) is 0 Å². The molecule has 2 rings (SSSR count). The Hall–Kier alpha value is -3.35. The van der Waals surface area contributed by atoms with Gasteiger partial charge in [0.1, 0.15) is 11.5 Å². The van der Waals surface area contributed by atoms with Gasteiger partial charge in [0, 0.05) is 5.69 Å². The largest absolute Gasteiger partial charge is 0.497 e. The van der Waals surface area contributed by atoms with Crippen molar-refractivity contribution in [2.24, 2.45) is 5.10 Å². The molecule has 0 unspecified atom stereocenters. The van der Waals surface area contributed by atoms with E-state index in [1.807, 2.05) is 0 Å². The molecule has 2 N–H and O–H groups in total. The second-order valence-electron chi connectivity index (χ2n) is 4.65. The van der Waals surface area contributed by atoms with E-state index >= 15 is 0 Å². The first-order valence-corrected chi connectivity index (χ1v) is 7.05. The highest BCUT2D eigenvalue weighted by atomic mass is 16.5. The molecule has 0 aliphatic carbocycles. The molecule has 2 aromatic carbocycles. The Kier molecular flexibility index (Phi) is 5.90. The summed E-state index contributed by atoms with van der Waals surface area (Å²) in [5, 5.41) is 6.20. The zero-order chi connectivity index (χ0) is 17.4. The van der Waals surface area contributed by atoms with Crippen molar-refractivity contribution in [3.63, 3.8) is 0 Å². The summed E-state index contributed by atoms with van der Waals surface area (Å²) in [7, 11) is 3.12. The molecular formula is C17H17N3O4. The molecule has 0 aliphatic rings. The van der Waals surface area contributed by atoms with Crippen LogP contribution >= 0.6 is 0 Å². The van der Waals surface area contributed by atoms with Gasteiger partial charge in [-0.2, -0.15) is 5.10 Å². The van der Waals surface area contributed by atoms with Gasteiger partial charge in [-0.3, -0.25) is 9.59 Å². The van der Waals surface area contributed by atoms with E-state index in [-0.39, 0.29) is 0 Å². The summed E-state index contributed by atoms with van der Waals surface area (Å²) < 4.78 is 10.1. The number of carbonyl (C=O) groups is 2. The third-order valence-corrected chi connectivity index (χ3v) is 3.05. The summed E-state index contributed by atoms with van der Waals surface area (Å²) in [4.78, 5) is 23.4. The minimum absolute atomic E-state index is 0.482. The van der Waals surface area contributed by atoms with E-state index in [2.05, 4.69) is 15.8 Å². The molecule has 2 aromatic rings. The Morgan fingerprint density at radius 2 is 1.42 bits per heavy atom. The molecule has 0 bridgehead atoms. The van der Waals surface area contributed by atoms with E-state index < -0.39 is 11.8 Å². The first kappa shape index (κ1) is 17.0.